The Labute approximate surface area is 113 Å². The largest absolute Gasteiger partial charge is 0.469 e. The SMILES string of the molecule is CCC(C)(NS(=O)(=O)CCCC(=O)OC)C(N)=S. The van der Waals surface area contributed by atoms with Crippen LogP contribution >= 0.6 is 12.2 Å². The van der Waals surface area contributed by atoms with Gasteiger partial charge in [0.25, 0.3) is 0 Å². The third kappa shape index (κ3) is 5.74. The van der Waals surface area contributed by atoms with E-state index in [1.165, 1.54) is 7.11 Å². The Morgan fingerprint density at radius 3 is 2.44 bits per heavy atom. The molecule has 6 nitrogen and oxygen atoms in total. The number of ether oxygens (including phenoxy) is 1. The predicted octanol–water partition coefficient (Wildman–Crippen LogP) is 0.314. The summed E-state index contributed by atoms with van der Waals surface area (Å²) in [6, 6.07) is 0. The fourth-order valence-electron chi connectivity index (χ4n) is 1.20. The van der Waals surface area contributed by atoms with Gasteiger partial charge in [0.2, 0.25) is 10.0 Å². The Morgan fingerprint density at radius 1 is 1.50 bits per heavy atom. The molecule has 8 heteroatoms. The van der Waals surface area contributed by atoms with Crippen LogP contribution in [0.3, 0.4) is 0 Å². The van der Waals surface area contributed by atoms with Gasteiger partial charge in [-0.05, 0) is 19.8 Å². The first-order valence-electron chi connectivity index (χ1n) is 5.55. The van der Waals surface area contributed by atoms with Gasteiger partial charge >= 0.3 is 5.97 Å². The van der Waals surface area contributed by atoms with Crippen molar-refractivity contribution in [3.8, 4) is 0 Å². The molecule has 0 fully saturated rings. The van der Waals surface area contributed by atoms with Crippen LogP contribution in [-0.2, 0) is 19.6 Å². The number of nitrogens with one attached hydrogen (secondary N) is 1. The van der Waals surface area contributed by atoms with Gasteiger partial charge in [-0.2, -0.15) is 0 Å². The molecule has 106 valence electrons. The van der Waals surface area contributed by atoms with Crippen molar-refractivity contribution < 1.29 is 17.9 Å². The molecule has 0 saturated carbocycles. The topological polar surface area (TPSA) is 98.5 Å². The maximum Gasteiger partial charge on any atom is 0.305 e. The van der Waals surface area contributed by atoms with E-state index in [9.17, 15) is 13.2 Å². The molecule has 0 aliphatic heterocycles. The normalized spacial score (nSPS) is 14.8. The maximum atomic E-state index is 11.8. The maximum absolute atomic E-state index is 11.8. The van der Waals surface area contributed by atoms with Gasteiger partial charge < -0.3 is 10.5 Å². The molecule has 3 N–H and O–H groups in total. The average molecular weight is 296 g/mol. The summed E-state index contributed by atoms with van der Waals surface area (Å²) in [6.45, 7) is 3.42. The van der Waals surface area contributed by atoms with E-state index in [4.69, 9.17) is 18.0 Å². The van der Waals surface area contributed by atoms with E-state index >= 15 is 0 Å². The van der Waals surface area contributed by atoms with E-state index < -0.39 is 21.5 Å². The number of rotatable bonds is 8. The summed E-state index contributed by atoms with van der Waals surface area (Å²) in [6.07, 6.45) is 0.713. The summed E-state index contributed by atoms with van der Waals surface area (Å²) < 4.78 is 30.5. The molecule has 0 aliphatic carbocycles. The summed E-state index contributed by atoms with van der Waals surface area (Å²) >= 11 is 4.85. The Kier molecular flexibility index (Phi) is 6.72. The van der Waals surface area contributed by atoms with E-state index in [-0.39, 0.29) is 23.6 Å². The summed E-state index contributed by atoms with van der Waals surface area (Å²) in [5, 5.41) is 0. The Balaban J connectivity index is 4.48. The lowest BCUT2D eigenvalue weighted by molar-refractivity contribution is -0.140. The van der Waals surface area contributed by atoms with Crippen molar-refractivity contribution in [2.45, 2.75) is 38.6 Å². The highest BCUT2D eigenvalue weighted by molar-refractivity contribution is 7.89. The van der Waals surface area contributed by atoms with Crippen LogP contribution in [0.1, 0.15) is 33.1 Å². The fourth-order valence-corrected chi connectivity index (χ4v) is 3.03. The number of sulfonamides is 1. The second kappa shape index (κ2) is 7.01. The van der Waals surface area contributed by atoms with E-state index in [0.717, 1.165) is 0 Å². The summed E-state index contributed by atoms with van der Waals surface area (Å²) in [7, 11) is -2.27. The minimum Gasteiger partial charge on any atom is -0.469 e. The number of hydrogen-bond acceptors (Lipinski definition) is 5. The lowest BCUT2D eigenvalue weighted by Crippen LogP contribution is -2.54. The van der Waals surface area contributed by atoms with Crippen molar-refractivity contribution in [1.29, 1.82) is 0 Å². The molecule has 0 aromatic carbocycles. The molecule has 0 aromatic heterocycles. The molecule has 0 amide bonds. The Morgan fingerprint density at radius 2 is 2.06 bits per heavy atom. The van der Waals surface area contributed by atoms with Crippen molar-refractivity contribution in [1.82, 2.24) is 4.72 Å². The molecule has 0 spiro atoms. The molecule has 0 rings (SSSR count). The van der Waals surface area contributed by atoms with Crippen LogP contribution < -0.4 is 10.5 Å². The third-order valence-corrected chi connectivity index (χ3v) is 4.69. The first kappa shape index (κ1) is 17.3. The summed E-state index contributed by atoms with van der Waals surface area (Å²) in [4.78, 5) is 11.0. The molecule has 0 radical (unpaired) electrons. The van der Waals surface area contributed by atoms with Crippen molar-refractivity contribution >= 4 is 33.2 Å². The second-order valence-corrected chi connectivity index (χ2v) is 6.43. The first-order valence-corrected chi connectivity index (χ1v) is 7.61. The zero-order valence-corrected chi connectivity index (χ0v) is 12.5. The van der Waals surface area contributed by atoms with Gasteiger partial charge in [-0.15, -0.1) is 0 Å². The Hall–Kier alpha value is -0.730. The van der Waals surface area contributed by atoms with Gasteiger partial charge in [-0.25, -0.2) is 13.1 Å². The monoisotopic (exact) mass is 296 g/mol. The molecule has 1 atom stereocenters. The minimum atomic E-state index is -3.53. The molecule has 18 heavy (non-hydrogen) atoms. The quantitative estimate of drug-likeness (QED) is 0.494. The molecule has 0 saturated heterocycles. The highest BCUT2D eigenvalue weighted by Crippen LogP contribution is 2.12. The van der Waals surface area contributed by atoms with Crippen LogP contribution in [0, 0.1) is 0 Å². The van der Waals surface area contributed by atoms with E-state index in [1.54, 1.807) is 13.8 Å². The average Bonchev–Trinajstić information content (AvgIpc) is 2.27. The van der Waals surface area contributed by atoms with Crippen LogP contribution in [0.2, 0.25) is 0 Å². The number of thiocarbonyl (C=S) groups is 1. The fraction of sp³-hybridized carbons (Fsp3) is 0.800. The molecule has 0 heterocycles. The van der Waals surface area contributed by atoms with E-state index in [1.807, 2.05) is 0 Å². The van der Waals surface area contributed by atoms with Crippen molar-refractivity contribution in [2.24, 2.45) is 5.73 Å². The number of nitrogens with two attached hydrogens (primary N) is 1. The van der Waals surface area contributed by atoms with Gasteiger partial charge in [-0.1, -0.05) is 19.1 Å². The third-order valence-electron chi connectivity index (χ3n) is 2.65. The standard InChI is InChI=1S/C10H20N2O4S2/c1-4-10(2,9(11)17)12-18(14,15)7-5-6-8(13)16-3/h12H,4-7H2,1-3H3,(H2,11,17). The smallest absolute Gasteiger partial charge is 0.305 e. The number of esters is 1. The molecule has 0 aromatic rings. The minimum absolute atomic E-state index is 0.0628. The Bertz CT molecular complexity index is 408. The van der Waals surface area contributed by atoms with Gasteiger partial charge in [0, 0.05) is 6.42 Å². The molecular formula is C10H20N2O4S2. The van der Waals surface area contributed by atoms with Crippen LogP contribution in [-0.4, -0.2) is 37.8 Å². The molecule has 0 aliphatic rings. The van der Waals surface area contributed by atoms with Crippen LogP contribution in [0.5, 0.6) is 0 Å². The molecule has 0 bridgehead atoms. The predicted molar refractivity (Wildman–Crippen MR) is 73.7 cm³/mol. The zero-order chi connectivity index (χ0) is 14.4. The molecule has 1 unspecified atom stereocenters. The van der Waals surface area contributed by atoms with Crippen molar-refractivity contribution in [3.63, 3.8) is 0 Å². The van der Waals surface area contributed by atoms with Gasteiger partial charge in [0.05, 0.1) is 23.4 Å². The van der Waals surface area contributed by atoms with E-state index in [2.05, 4.69) is 9.46 Å². The van der Waals surface area contributed by atoms with Gasteiger partial charge in [0.15, 0.2) is 0 Å². The lowest BCUT2D eigenvalue weighted by atomic mass is 10.0. The van der Waals surface area contributed by atoms with Crippen LogP contribution in [0.25, 0.3) is 0 Å². The first-order chi connectivity index (χ1) is 8.17. The van der Waals surface area contributed by atoms with Crippen molar-refractivity contribution in [3.05, 3.63) is 0 Å². The van der Waals surface area contributed by atoms with Crippen LogP contribution in [0.15, 0.2) is 0 Å². The zero-order valence-electron chi connectivity index (χ0n) is 10.9. The highest BCUT2D eigenvalue weighted by atomic mass is 32.2. The summed E-state index contributed by atoms with van der Waals surface area (Å²) in [5.74, 6) is -0.599. The lowest BCUT2D eigenvalue weighted by Gasteiger charge is -2.27. The number of hydrogen-bond donors (Lipinski definition) is 2. The van der Waals surface area contributed by atoms with Crippen molar-refractivity contribution in [2.75, 3.05) is 12.9 Å². The second-order valence-electron chi connectivity index (χ2n) is 4.15. The van der Waals surface area contributed by atoms with Gasteiger partial charge in [-0.3, -0.25) is 4.79 Å². The van der Waals surface area contributed by atoms with Gasteiger partial charge in [0.1, 0.15) is 0 Å². The number of carbonyl (C=O) groups is 1. The highest BCUT2D eigenvalue weighted by Gasteiger charge is 2.30. The molecular weight excluding hydrogens is 276 g/mol. The number of methoxy groups -OCH3 is 1. The van der Waals surface area contributed by atoms with E-state index in [0.29, 0.717) is 6.42 Å². The summed E-state index contributed by atoms with van der Waals surface area (Å²) in [5.41, 5.74) is 4.59. The number of carbonyl (C=O) groups excluding carboxylic acids is 1. The van der Waals surface area contributed by atoms with Crippen LogP contribution in [0.4, 0.5) is 0 Å².